The van der Waals surface area contributed by atoms with E-state index in [1.54, 1.807) is 6.20 Å². The quantitative estimate of drug-likeness (QED) is 0.450. The van der Waals surface area contributed by atoms with E-state index in [1.165, 1.54) is 18.4 Å². The third kappa shape index (κ3) is 3.96. The van der Waals surface area contributed by atoms with E-state index in [0.717, 1.165) is 40.7 Å². The molecule has 1 aliphatic carbocycles. The molecule has 0 aliphatic heterocycles. The van der Waals surface area contributed by atoms with Gasteiger partial charge in [0.15, 0.2) is 0 Å². The molecule has 2 heterocycles. The van der Waals surface area contributed by atoms with Crippen molar-refractivity contribution in [1.82, 2.24) is 20.5 Å². The summed E-state index contributed by atoms with van der Waals surface area (Å²) in [4.78, 5) is 17.8. The number of benzene rings is 2. The zero-order valence-electron chi connectivity index (χ0n) is 17.6. The number of hydrogen-bond donors (Lipinski definition) is 2. The number of aryl methyl sites for hydroxylation is 1. The number of carbonyl (C=O) groups is 1. The van der Waals surface area contributed by atoms with E-state index in [0.29, 0.717) is 11.5 Å². The van der Waals surface area contributed by atoms with Crippen molar-refractivity contribution >= 4 is 16.8 Å². The maximum Gasteiger partial charge on any atom is 0.251 e. The molecule has 1 aliphatic rings. The molecule has 0 radical (unpaired) electrons. The lowest BCUT2D eigenvalue weighted by Crippen LogP contribution is -2.33. The van der Waals surface area contributed by atoms with Crippen LogP contribution in [0.25, 0.3) is 22.2 Å². The first-order valence-corrected chi connectivity index (χ1v) is 11.0. The molecule has 5 nitrogen and oxygen atoms in total. The minimum absolute atomic E-state index is 0.0622. The average Bonchev–Trinajstić information content (AvgIpc) is 3.48. The Kier molecular flexibility index (Phi) is 5.24. The highest BCUT2D eigenvalue weighted by Crippen LogP contribution is 2.35. The van der Waals surface area contributed by atoms with Crippen LogP contribution in [-0.2, 0) is 0 Å². The van der Waals surface area contributed by atoms with Gasteiger partial charge in [-0.05, 0) is 56.0 Å². The van der Waals surface area contributed by atoms with Crippen LogP contribution >= 0.6 is 0 Å². The number of nitrogens with zero attached hydrogens (tertiary/aromatic N) is 2. The molecular weight excluding hydrogens is 384 g/mol. The Hall–Kier alpha value is -3.47. The molecule has 5 rings (SSSR count). The van der Waals surface area contributed by atoms with Gasteiger partial charge >= 0.3 is 0 Å². The second kappa shape index (κ2) is 8.34. The zero-order valence-corrected chi connectivity index (χ0v) is 17.6. The number of aromatic amines is 1. The van der Waals surface area contributed by atoms with Crippen molar-refractivity contribution in [2.75, 3.05) is 0 Å². The van der Waals surface area contributed by atoms with Gasteiger partial charge in [0.2, 0.25) is 0 Å². The standard InChI is InChI=1S/C26H26N4O/c1-17-9-11-19(12-10-17)24-21-16-20(13-14-22(21)29-30-24)26(31)28-25(18-6-2-3-7-18)23-8-4-5-15-27-23/h4-5,8-16,18,25H,2-3,6-7H2,1H3,(H,28,31)(H,29,30). The third-order valence-electron chi connectivity index (χ3n) is 6.31. The third-order valence-corrected chi connectivity index (χ3v) is 6.31. The Balaban J connectivity index is 1.46. The van der Waals surface area contributed by atoms with Gasteiger partial charge in [-0.1, -0.05) is 48.7 Å². The minimum Gasteiger partial charge on any atom is -0.343 e. The molecule has 2 aromatic heterocycles. The van der Waals surface area contributed by atoms with Crippen LogP contribution in [0.2, 0.25) is 0 Å². The Morgan fingerprint density at radius 3 is 2.61 bits per heavy atom. The Morgan fingerprint density at radius 1 is 1.06 bits per heavy atom. The number of nitrogens with one attached hydrogen (secondary N) is 2. The molecule has 2 aromatic carbocycles. The number of fused-ring (bicyclic) bond motifs is 1. The Bertz CT molecular complexity index is 1190. The number of rotatable bonds is 5. The molecule has 31 heavy (non-hydrogen) atoms. The van der Waals surface area contributed by atoms with Gasteiger partial charge in [0.1, 0.15) is 0 Å². The largest absolute Gasteiger partial charge is 0.343 e. The van der Waals surface area contributed by atoms with Gasteiger partial charge in [0.25, 0.3) is 5.91 Å². The van der Waals surface area contributed by atoms with Gasteiger partial charge in [-0.15, -0.1) is 0 Å². The number of H-pyrrole nitrogens is 1. The summed E-state index contributed by atoms with van der Waals surface area (Å²) < 4.78 is 0. The summed E-state index contributed by atoms with van der Waals surface area (Å²) in [5.41, 5.74) is 5.60. The van der Waals surface area contributed by atoms with Crippen LogP contribution in [0.4, 0.5) is 0 Å². The summed E-state index contributed by atoms with van der Waals surface area (Å²) in [6.07, 6.45) is 6.48. The lowest BCUT2D eigenvalue weighted by atomic mass is 9.94. The van der Waals surface area contributed by atoms with Crippen molar-refractivity contribution in [3.63, 3.8) is 0 Å². The predicted octanol–water partition coefficient (Wildman–Crippen LogP) is 5.59. The van der Waals surface area contributed by atoms with Gasteiger partial charge < -0.3 is 5.32 Å². The summed E-state index contributed by atoms with van der Waals surface area (Å²) in [6, 6.07) is 19.9. The first-order valence-electron chi connectivity index (χ1n) is 11.0. The fourth-order valence-corrected chi connectivity index (χ4v) is 4.60. The van der Waals surface area contributed by atoms with E-state index in [4.69, 9.17) is 0 Å². The SMILES string of the molecule is Cc1ccc(-c2n[nH]c3ccc(C(=O)NC(c4ccccn4)C4CCCC4)cc23)cc1. The van der Waals surface area contributed by atoms with E-state index in [-0.39, 0.29) is 11.9 Å². The van der Waals surface area contributed by atoms with Gasteiger partial charge in [0.05, 0.1) is 22.9 Å². The smallest absolute Gasteiger partial charge is 0.251 e. The fraction of sp³-hybridized carbons (Fsp3) is 0.269. The molecule has 1 unspecified atom stereocenters. The van der Waals surface area contributed by atoms with E-state index in [2.05, 4.69) is 51.7 Å². The number of hydrogen-bond acceptors (Lipinski definition) is 3. The zero-order chi connectivity index (χ0) is 21.2. The maximum atomic E-state index is 13.3. The highest BCUT2D eigenvalue weighted by atomic mass is 16.1. The van der Waals surface area contributed by atoms with Crippen molar-refractivity contribution in [2.24, 2.45) is 5.92 Å². The predicted molar refractivity (Wildman–Crippen MR) is 123 cm³/mol. The van der Waals surface area contributed by atoms with Gasteiger partial charge in [-0.25, -0.2) is 0 Å². The van der Waals surface area contributed by atoms with Gasteiger partial charge in [-0.3, -0.25) is 14.9 Å². The molecule has 156 valence electrons. The number of amides is 1. The molecule has 1 amide bonds. The molecule has 0 saturated heterocycles. The average molecular weight is 411 g/mol. The molecule has 1 saturated carbocycles. The second-order valence-corrected chi connectivity index (χ2v) is 8.45. The number of carbonyl (C=O) groups excluding carboxylic acids is 1. The second-order valence-electron chi connectivity index (χ2n) is 8.45. The fourth-order valence-electron chi connectivity index (χ4n) is 4.60. The first kappa shape index (κ1) is 19.5. The summed E-state index contributed by atoms with van der Waals surface area (Å²) in [5, 5.41) is 11.8. The van der Waals surface area contributed by atoms with Crippen molar-refractivity contribution in [3.05, 3.63) is 83.7 Å². The molecule has 4 aromatic rings. The van der Waals surface area contributed by atoms with Gasteiger partial charge in [-0.2, -0.15) is 5.10 Å². The summed E-state index contributed by atoms with van der Waals surface area (Å²) in [7, 11) is 0. The van der Waals surface area contributed by atoms with Crippen LogP contribution in [-0.4, -0.2) is 21.1 Å². The van der Waals surface area contributed by atoms with Crippen LogP contribution in [0.15, 0.2) is 66.9 Å². The summed E-state index contributed by atoms with van der Waals surface area (Å²) >= 11 is 0. The van der Waals surface area contributed by atoms with E-state index >= 15 is 0 Å². The summed E-state index contributed by atoms with van der Waals surface area (Å²) in [6.45, 7) is 2.07. The highest BCUT2D eigenvalue weighted by Gasteiger charge is 2.29. The maximum absolute atomic E-state index is 13.3. The molecule has 0 bridgehead atoms. The van der Waals surface area contributed by atoms with Crippen LogP contribution in [0.1, 0.15) is 53.3 Å². The molecular formula is C26H26N4O. The highest BCUT2D eigenvalue weighted by molar-refractivity contribution is 6.01. The van der Waals surface area contributed by atoms with Crippen LogP contribution in [0.5, 0.6) is 0 Å². The van der Waals surface area contributed by atoms with Crippen LogP contribution < -0.4 is 5.32 Å². The Labute approximate surface area is 181 Å². The Morgan fingerprint density at radius 2 is 1.87 bits per heavy atom. The molecule has 1 fully saturated rings. The van der Waals surface area contributed by atoms with Crippen molar-refractivity contribution in [1.29, 1.82) is 0 Å². The first-order chi connectivity index (χ1) is 15.2. The normalized spacial score (nSPS) is 15.3. The van der Waals surface area contributed by atoms with E-state index in [9.17, 15) is 4.79 Å². The lowest BCUT2D eigenvalue weighted by molar-refractivity contribution is 0.0920. The number of aromatic nitrogens is 3. The minimum atomic E-state index is -0.0690. The van der Waals surface area contributed by atoms with Crippen LogP contribution in [0.3, 0.4) is 0 Å². The van der Waals surface area contributed by atoms with E-state index in [1.807, 2.05) is 36.4 Å². The topological polar surface area (TPSA) is 70.7 Å². The van der Waals surface area contributed by atoms with Gasteiger partial charge in [0, 0.05) is 22.7 Å². The molecule has 2 N–H and O–H groups in total. The van der Waals surface area contributed by atoms with E-state index < -0.39 is 0 Å². The van der Waals surface area contributed by atoms with Crippen molar-refractivity contribution < 1.29 is 4.79 Å². The number of pyridine rings is 1. The lowest BCUT2D eigenvalue weighted by Gasteiger charge is -2.24. The van der Waals surface area contributed by atoms with Crippen molar-refractivity contribution in [3.8, 4) is 11.3 Å². The van der Waals surface area contributed by atoms with Crippen molar-refractivity contribution in [2.45, 2.75) is 38.6 Å². The molecule has 0 spiro atoms. The monoisotopic (exact) mass is 410 g/mol. The summed E-state index contributed by atoms with van der Waals surface area (Å²) in [5.74, 6) is 0.361. The molecule has 5 heteroatoms. The molecule has 1 atom stereocenters. The van der Waals surface area contributed by atoms with Crippen LogP contribution in [0, 0.1) is 12.8 Å².